The smallest absolute Gasteiger partial charge is 0.0696 e. The summed E-state index contributed by atoms with van der Waals surface area (Å²) < 4.78 is 0. The van der Waals surface area contributed by atoms with Gasteiger partial charge in [-0.1, -0.05) is 30.3 Å². The lowest BCUT2D eigenvalue weighted by atomic mass is 9.96. The number of thioether (sulfide) groups is 1. The first kappa shape index (κ1) is 13.9. The summed E-state index contributed by atoms with van der Waals surface area (Å²) in [6, 6.07) is 10.9. The van der Waals surface area contributed by atoms with E-state index >= 15 is 0 Å². The van der Waals surface area contributed by atoms with Crippen molar-refractivity contribution in [3.05, 3.63) is 35.9 Å². The maximum atomic E-state index is 10.2. The summed E-state index contributed by atoms with van der Waals surface area (Å²) in [6.45, 7) is 2.09. The van der Waals surface area contributed by atoms with Crippen LogP contribution in [0.2, 0.25) is 0 Å². The molecule has 1 fully saturated rings. The third-order valence-electron chi connectivity index (χ3n) is 3.70. The molecule has 0 spiro atoms. The van der Waals surface area contributed by atoms with Gasteiger partial charge in [0.15, 0.2) is 0 Å². The quantitative estimate of drug-likeness (QED) is 0.885. The second-order valence-electron chi connectivity index (χ2n) is 5.01. The van der Waals surface area contributed by atoms with Crippen LogP contribution in [0.5, 0.6) is 0 Å². The molecule has 1 heterocycles. The average Bonchev–Trinajstić information content (AvgIpc) is 2.39. The van der Waals surface area contributed by atoms with E-state index in [1.807, 2.05) is 11.8 Å². The largest absolute Gasteiger partial charge is 0.391 e. The number of aliphatic hydroxyl groups is 1. The fourth-order valence-electron chi connectivity index (χ4n) is 2.73. The van der Waals surface area contributed by atoms with E-state index in [1.165, 1.54) is 5.56 Å². The molecule has 0 saturated carbocycles. The van der Waals surface area contributed by atoms with Crippen LogP contribution in [0.3, 0.4) is 0 Å². The molecule has 3 heteroatoms. The molecule has 2 atom stereocenters. The number of hydrogen-bond acceptors (Lipinski definition) is 3. The molecule has 1 N–H and O–H groups in total. The Balaban J connectivity index is 1.99. The molecule has 2 rings (SSSR count). The van der Waals surface area contributed by atoms with E-state index in [0.717, 1.165) is 38.1 Å². The molecule has 1 aliphatic rings. The van der Waals surface area contributed by atoms with E-state index < -0.39 is 0 Å². The molecule has 0 unspecified atom stereocenters. The van der Waals surface area contributed by atoms with Gasteiger partial charge in [-0.2, -0.15) is 11.8 Å². The lowest BCUT2D eigenvalue weighted by molar-refractivity contribution is 0.00538. The summed E-state index contributed by atoms with van der Waals surface area (Å²) in [4.78, 5) is 2.46. The molecule has 18 heavy (non-hydrogen) atoms. The summed E-state index contributed by atoms with van der Waals surface area (Å²) >= 11 is 1.87. The van der Waals surface area contributed by atoms with Crippen molar-refractivity contribution in [1.82, 2.24) is 4.90 Å². The van der Waals surface area contributed by atoms with Crippen LogP contribution in [0.4, 0.5) is 0 Å². The maximum absolute atomic E-state index is 10.2. The summed E-state index contributed by atoms with van der Waals surface area (Å²) in [6.07, 6.45) is 5.16. The fraction of sp³-hybridized carbons (Fsp3) is 0.600. The third kappa shape index (κ3) is 3.74. The number of hydrogen-bond donors (Lipinski definition) is 1. The van der Waals surface area contributed by atoms with E-state index in [0.29, 0.717) is 6.04 Å². The third-order valence-corrected chi connectivity index (χ3v) is 4.35. The first-order valence-electron chi connectivity index (χ1n) is 6.76. The van der Waals surface area contributed by atoms with Crippen LogP contribution in [0.1, 0.15) is 24.8 Å². The highest BCUT2D eigenvalue weighted by Crippen LogP contribution is 2.23. The molecular formula is C15H23NOS. The second-order valence-corrected chi connectivity index (χ2v) is 6.00. The normalized spacial score (nSPS) is 25.2. The zero-order chi connectivity index (χ0) is 12.8. The minimum absolute atomic E-state index is 0.144. The predicted octanol–water partition coefficient (Wildman–Crippen LogP) is 2.77. The van der Waals surface area contributed by atoms with Crippen molar-refractivity contribution < 1.29 is 5.11 Å². The number of likely N-dealkylation sites (tertiary alicyclic amines) is 1. The van der Waals surface area contributed by atoms with Gasteiger partial charge >= 0.3 is 0 Å². The van der Waals surface area contributed by atoms with Gasteiger partial charge in [0.25, 0.3) is 0 Å². The van der Waals surface area contributed by atoms with Gasteiger partial charge in [-0.05, 0) is 43.4 Å². The average molecular weight is 265 g/mol. The summed E-state index contributed by atoms with van der Waals surface area (Å²) in [5.41, 5.74) is 1.35. The van der Waals surface area contributed by atoms with E-state index in [9.17, 15) is 5.11 Å². The molecule has 0 radical (unpaired) electrons. The Hall–Kier alpha value is -0.510. The number of piperidine rings is 1. The number of rotatable bonds is 5. The van der Waals surface area contributed by atoms with Gasteiger partial charge in [0, 0.05) is 12.6 Å². The lowest BCUT2D eigenvalue weighted by Gasteiger charge is -2.39. The summed E-state index contributed by atoms with van der Waals surface area (Å²) in [5, 5.41) is 10.2. The van der Waals surface area contributed by atoms with Gasteiger partial charge < -0.3 is 5.11 Å². The maximum Gasteiger partial charge on any atom is 0.0696 e. The Kier molecular flexibility index (Phi) is 5.54. The van der Waals surface area contributed by atoms with Crippen LogP contribution in [-0.4, -0.2) is 40.7 Å². The van der Waals surface area contributed by atoms with Gasteiger partial charge in [-0.3, -0.25) is 4.90 Å². The number of benzene rings is 1. The van der Waals surface area contributed by atoms with Gasteiger partial charge in [-0.15, -0.1) is 0 Å². The Morgan fingerprint density at radius 1 is 1.33 bits per heavy atom. The van der Waals surface area contributed by atoms with Crippen molar-refractivity contribution in [1.29, 1.82) is 0 Å². The van der Waals surface area contributed by atoms with Crippen molar-refractivity contribution in [2.24, 2.45) is 0 Å². The number of nitrogens with zero attached hydrogens (tertiary/aromatic N) is 1. The Morgan fingerprint density at radius 3 is 2.83 bits per heavy atom. The minimum Gasteiger partial charge on any atom is -0.391 e. The second kappa shape index (κ2) is 7.17. The molecule has 0 aromatic heterocycles. The van der Waals surface area contributed by atoms with Crippen LogP contribution < -0.4 is 0 Å². The molecule has 0 aliphatic carbocycles. The Bertz CT molecular complexity index is 344. The highest BCUT2D eigenvalue weighted by molar-refractivity contribution is 7.98. The fourth-order valence-corrected chi connectivity index (χ4v) is 3.21. The van der Waals surface area contributed by atoms with Crippen molar-refractivity contribution >= 4 is 11.8 Å². The number of aliphatic hydroxyl groups excluding tert-OH is 1. The van der Waals surface area contributed by atoms with Gasteiger partial charge in [-0.25, -0.2) is 0 Å². The molecule has 1 aromatic carbocycles. The molecule has 1 saturated heterocycles. The molecule has 0 bridgehead atoms. The predicted molar refractivity (Wildman–Crippen MR) is 78.9 cm³/mol. The Morgan fingerprint density at radius 2 is 2.11 bits per heavy atom. The topological polar surface area (TPSA) is 23.5 Å². The first-order chi connectivity index (χ1) is 8.81. The molecule has 100 valence electrons. The standard InChI is InChI=1S/C15H23NOS/c1-18-11-9-14-15(17)8-5-10-16(14)12-13-6-3-2-4-7-13/h2-4,6-7,14-15,17H,5,8-12H2,1H3/t14-,15-/m0/s1. The molecule has 2 nitrogen and oxygen atoms in total. The summed E-state index contributed by atoms with van der Waals surface area (Å²) in [7, 11) is 0. The van der Waals surface area contributed by atoms with Crippen LogP contribution in [-0.2, 0) is 6.54 Å². The van der Waals surface area contributed by atoms with E-state index in [1.54, 1.807) is 0 Å². The van der Waals surface area contributed by atoms with Crippen LogP contribution >= 0.6 is 11.8 Å². The van der Waals surface area contributed by atoms with Crippen molar-refractivity contribution in [3.8, 4) is 0 Å². The molecule has 1 aromatic rings. The highest BCUT2D eigenvalue weighted by Gasteiger charge is 2.29. The van der Waals surface area contributed by atoms with Crippen molar-refractivity contribution in [2.75, 3.05) is 18.6 Å². The van der Waals surface area contributed by atoms with Gasteiger partial charge in [0.1, 0.15) is 0 Å². The monoisotopic (exact) mass is 265 g/mol. The Labute approximate surface area is 114 Å². The van der Waals surface area contributed by atoms with Crippen molar-refractivity contribution in [3.63, 3.8) is 0 Å². The zero-order valence-corrected chi connectivity index (χ0v) is 11.9. The molecule has 1 aliphatic heterocycles. The van der Waals surface area contributed by atoms with Crippen molar-refractivity contribution in [2.45, 2.75) is 38.0 Å². The molecule has 0 amide bonds. The van der Waals surface area contributed by atoms with Crippen LogP contribution in [0, 0.1) is 0 Å². The highest BCUT2D eigenvalue weighted by atomic mass is 32.2. The van der Waals surface area contributed by atoms with E-state index in [-0.39, 0.29) is 6.10 Å². The van der Waals surface area contributed by atoms with Crippen LogP contribution in [0.25, 0.3) is 0 Å². The lowest BCUT2D eigenvalue weighted by Crippen LogP contribution is -2.47. The first-order valence-corrected chi connectivity index (χ1v) is 8.15. The molecular weight excluding hydrogens is 242 g/mol. The van der Waals surface area contributed by atoms with E-state index in [2.05, 4.69) is 41.5 Å². The SMILES string of the molecule is CSCC[C@H]1[C@@H](O)CCCN1Cc1ccccc1. The van der Waals surface area contributed by atoms with Crippen LogP contribution in [0.15, 0.2) is 30.3 Å². The van der Waals surface area contributed by atoms with E-state index in [4.69, 9.17) is 0 Å². The zero-order valence-electron chi connectivity index (χ0n) is 11.1. The van der Waals surface area contributed by atoms with Gasteiger partial charge in [0.2, 0.25) is 0 Å². The minimum atomic E-state index is -0.144. The van der Waals surface area contributed by atoms with Gasteiger partial charge in [0.05, 0.1) is 6.10 Å². The summed E-state index contributed by atoms with van der Waals surface area (Å²) in [5.74, 6) is 1.13.